The molecule has 1 fully saturated rings. The van der Waals surface area contributed by atoms with Crippen LogP contribution in [0.2, 0.25) is 0 Å². The summed E-state index contributed by atoms with van der Waals surface area (Å²) in [6, 6.07) is 7.28. The van der Waals surface area contributed by atoms with Gasteiger partial charge in [-0.2, -0.15) is 9.40 Å². The molecule has 29 heavy (non-hydrogen) atoms. The molecule has 9 nitrogen and oxygen atoms in total. The normalized spacial score (nSPS) is 15.1. The zero-order valence-electron chi connectivity index (χ0n) is 16.8. The Morgan fingerprint density at radius 3 is 2.41 bits per heavy atom. The first-order valence-corrected chi connectivity index (χ1v) is 10.8. The van der Waals surface area contributed by atoms with Crippen molar-refractivity contribution < 1.29 is 13.2 Å². The molecule has 1 aliphatic heterocycles. The lowest BCUT2D eigenvalue weighted by molar-refractivity contribution is 0.102. The molecular formula is C19H25N5O4S. The average Bonchev–Trinajstić information content (AvgIpc) is 2.70. The molecule has 1 saturated heterocycles. The van der Waals surface area contributed by atoms with E-state index in [-0.39, 0.29) is 16.1 Å². The number of carbonyl (C=O) groups is 1. The van der Waals surface area contributed by atoms with E-state index in [1.807, 2.05) is 0 Å². The summed E-state index contributed by atoms with van der Waals surface area (Å²) in [7, 11) is 1.42. The topological polar surface area (TPSA) is 105 Å². The molecule has 1 amide bonds. The van der Waals surface area contributed by atoms with E-state index in [1.54, 1.807) is 31.1 Å². The third-order valence-electron chi connectivity index (χ3n) is 4.84. The fraction of sp³-hybridized carbons (Fsp3) is 0.421. The lowest BCUT2D eigenvalue weighted by Gasteiger charge is -2.26. The molecule has 1 aromatic heterocycles. The summed E-state index contributed by atoms with van der Waals surface area (Å²) in [5.41, 5.74) is 0.737. The predicted octanol–water partition coefficient (Wildman–Crippen LogP) is 1.27. The van der Waals surface area contributed by atoms with Gasteiger partial charge in [-0.3, -0.25) is 9.59 Å². The Balaban J connectivity index is 1.95. The fourth-order valence-electron chi connectivity index (χ4n) is 3.23. The quantitative estimate of drug-likeness (QED) is 0.783. The second-order valence-electron chi connectivity index (χ2n) is 7.17. The number of sulfonamides is 1. The molecule has 0 aliphatic carbocycles. The van der Waals surface area contributed by atoms with Gasteiger partial charge in [0.05, 0.1) is 16.3 Å². The Bertz CT molecular complexity index is 1070. The van der Waals surface area contributed by atoms with Crippen LogP contribution in [-0.2, 0) is 17.1 Å². The highest BCUT2D eigenvalue weighted by molar-refractivity contribution is 7.89. The largest absolute Gasteiger partial charge is 0.376 e. The summed E-state index contributed by atoms with van der Waals surface area (Å²) in [5.74, 6) is -0.531. The van der Waals surface area contributed by atoms with Crippen molar-refractivity contribution in [2.24, 2.45) is 7.05 Å². The number of rotatable bonds is 5. The van der Waals surface area contributed by atoms with Gasteiger partial charge in [-0.15, -0.1) is 0 Å². The maximum Gasteiger partial charge on any atom is 0.276 e. The van der Waals surface area contributed by atoms with E-state index in [1.165, 1.54) is 29.6 Å². The van der Waals surface area contributed by atoms with Crippen molar-refractivity contribution in [2.45, 2.75) is 24.2 Å². The number of hydrogen-bond acceptors (Lipinski definition) is 6. The molecule has 1 aromatic carbocycles. The number of hydrogen-bond donors (Lipinski definition) is 1. The van der Waals surface area contributed by atoms with Crippen LogP contribution in [0.5, 0.6) is 0 Å². The molecular weight excluding hydrogens is 394 g/mol. The van der Waals surface area contributed by atoms with Crippen LogP contribution in [0.3, 0.4) is 0 Å². The molecule has 0 unspecified atom stereocenters. The van der Waals surface area contributed by atoms with Crippen molar-refractivity contribution in [3.05, 3.63) is 46.4 Å². The summed E-state index contributed by atoms with van der Waals surface area (Å²) in [6.45, 7) is 1.00. The third-order valence-corrected chi connectivity index (χ3v) is 6.74. The maximum atomic E-state index is 13.0. The number of nitrogens with zero attached hydrogens (tertiary/aromatic N) is 4. The van der Waals surface area contributed by atoms with Crippen LogP contribution in [0.25, 0.3) is 0 Å². The molecule has 0 bridgehead atoms. The standard InChI is InChI=1S/C19H25N5O4S/c1-22(2)17-9-7-14(29(27,28)24-11-5-4-6-12-24)13-16(17)20-19(26)15-8-10-18(25)23(3)21-15/h7-10,13H,4-6,11-12H2,1-3H3,(H,20,26). The van der Waals surface area contributed by atoms with Crippen molar-refractivity contribution in [1.29, 1.82) is 0 Å². The van der Waals surface area contributed by atoms with E-state index >= 15 is 0 Å². The molecule has 3 rings (SSSR count). The van der Waals surface area contributed by atoms with Gasteiger partial charge in [0.25, 0.3) is 11.5 Å². The Labute approximate surface area is 170 Å². The van der Waals surface area contributed by atoms with E-state index in [2.05, 4.69) is 10.4 Å². The minimum atomic E-state index is -3.64. The third kappa shape index (κ3) is 4.48. The van der Waals surface area contributed by atoms with Gasteiger partial charge in [0, 0.05) is 40.3 Å². The first-order valence-electron chi connectivity index (χ1n) is 9.37. The summed E-state index contributed by atoms with van der Waals surface area (Å²) >= 11 is 0. The number of anilines is 2. The van der Waals surface area contributed by atoms with Gasteiger partial charge in [0.1, 0.15) is 5.69 Å². The molecule has 0 atom stereocenters. The van der Waals surface area contributed by atoms with E-state index in [4.69, 9.17) is 0 Å². The lowest BCUT2D eigenvalue weighted by atomic mass is 10.2. The highest BCUT2D eigenvalue weighted by atomic mass is 32.2. The molecule has 156 valence electrons. The summed E-state index contributed by atoms with van der Waals surface area (Å²) in [6.07, 6.45) is 2.72. The average molecular weight is 420 g/mol. The van der Waals surface area contributed by atoms with Crippen molar-refractivity contribution in [3.8, 4) is 0 Å². The number of amides is 1. The van der Waals surface area contributed by atoms with E-state index in [0.29, 0.717) is 24.5 Å². The Morgan fingerprint density at radius 1 is 1.10 bits per heavy atom. The number of nitrogens with one attached hydrogen (secondary N) is 1. The highest BCUT2D eigenvalue weighted by Gasteiger charge is 2.27. The highest BCUT2D eigenvalue weighted by Crippen LogP contribution is 2.30. The first kappa shape index (κ1) is 21.0. The summed E-state index contributed by atoms with van der Waals surface area (Å²) in [4.78, 5) is 26.1. The van der Waals surface area contributed by atoms with E-state index < -0.39 is 15.9 Å². The Kier molecular flexibility index (Phi) is 6.04. The second kappa shape index (κ2) is 8.34. The van der Waals surface area contributed by atoms with Crippen LogP contribution >= 0.6 is 0 Å². The molecule has 10 heteroatoms. The van der Waals surface area contributed by atoms with Crippen LogP contribution in [-0.4, -0.2) is 55.6 Å². The van der Waals surface area contributed by atoms with Gasteiger partial charge >= 0.3 is 0 Å². The van der Waals surface area contributed by atoms with Crippen LogP contribution < -0.4 is 15.8 Å². The van der Waals surface area contributed by atoms with Crippen LogP contribution in [0.4, 0.5) is 11.4 Å². The van der Waals surface area contributed by atoms with Gasteiger partial charge < -0.3 is 10.2 Å². The molecule has 0 saturated carbocycles. The minimum Gasteiger partial charge on any atom is -0.376 e. The Morgan fingerprint density at radius 2 is 1.79 bits per heavy atom. The molecule has 0 spiro atoms. The second-order valence-corrected chi connectivity index (χ2v) is 9.11. The zero-order chi connectivity index (χ0) is 21.2. The monoisotopic (exact) mass is 419 g/mol. The molecule has 2 aromatic rings. The fourth-order valence-corrected chi connectivity index (χ4v) is 4.77. The molecule has 1 N–H and O–H groups in total. The zero-order valence-corrected chi connectivity index (χ0v) is 17.6. The maximum absolute atomic E-state index is 13.0. The van der Waals surface area contributed by atoms with Crippen LogP contribution in [0, 0.1) is 0 Å². The molecule has 2 heterocycles. The van der Waals surface area contributed by atoms with E-state index in [0.717, 1.165) is 23.9 Å². The van der Waals surface area contributed by atoms with Gasteiger partial charge in [0.2, 0.25) is 10.0 Å². The number of aryl methyl sites for hydroxylation is 1. The van der Waals surface area contributed by atoms with Crippen LogP contribution in [0.15, 0.2) is 40.0 Å². The van der Waals surface area contributed by atoms with Gasteiger partial charge in [-0.1, -0.05) is 6.42 Å². The van der Waals surface area contributed by atoms with Gasteiger partial charge in [0.15, 0.2) is 0 Å². The lowest BCUT2D eigenvalue weighted by Crippen LogP contribution is -2.35. The number of carbonyl (C=O) groups excluding carboxylic acids is 1. The van der Waals surface area contributed by atoms with Crippen molar-refractivity contribution in [2.75, 3.05) is 37.4 Å². The number of aromatic nitrogens is 2. The SMILES string of the molecule is CN(C)c1ccc(S(=O)(=O)N2CCCCC2)cc1NC(=O)c1ccc(=O)n(C)n1. The van der Waals surface area contributed by atoms with Crippen LogP contribution in [0.1, 0.15) is 29.8 Å². The first-order chi connectivity index (χ1) is 13.7. The van der Waals surface area contributed by atoms with Crippen molar-refractivity contribution in [1.82, 2.24) is 14.1 Å². The van der Waals surface area contributed by atoms with Crippen molar-refractivity contribution in [3.63, 3.8) is 0 Å². The number of benzene rings is 1. The molecule has 1 aliphatic rings. The van der Waals surface area contributed by atoms with Gasteiger partial charge in [-0.05, 0) is 37.1 Å². The minimum absolute atomic E-state index is 0.0566. The predicted molar refractivity (Wildman–Crippen MR) is 111 cm³/mol. The number of piperidine rings is 1. The smallest absolute Gasteiger partial charge is 0.276 e. The molecule has 0 radical (unpaired) electrons. The van der Waals surface area contributed by atoms with Crippen molar-refractivity contribution >= 4 is 27.3 Å². The summed E-state index contributed by atoms with van der Waals surface area (Å²) < 4.78 is 28.6. The van der Waals surface area contributed by atoms with Gasteiger partial charge in [-0.25, -0.2) is 13.1 Å². The Hall–Kier alpha value is -2.72. The van der Waals surface area contributed by atoms with E-state index in [9.17, 15) is 18.0 Å². The summed E-state index contributed by atoms with van der Waals surface area (Å²) in [5, 5.41) is 6.67.